The lowest BCUT2D eigenvalue weighted by atomic mass is 9.91. The molecule has 0 aliphatic carbocycles. The first-order valence-corrected chi connectivity index (χ1v) is 8.18. The summed E-state index contributed by atoms with van der Waals surface area (Å²) in [5.74, 6) is 0. The summed E-state index contributed by atoms with van der Waals surface area (Å²) in [6.07, 6.45) is 6.75. The van der Waals surface area contributed by atoms with Crippen LogP contribution in [0.5, 0.6) is 0 Å². The molecule has 2 N–H and O–H groups in total. The van der Waals surface area contributed by atoms with E-state index in [1.54, 1.807) is 49.1 Å². The Hall–Kier alpha value is -3.80. The average Bonchev–Trinajstić information content (AvgIpc) is 2.67. The molecular formula is C20H10N4O2. The molecule has 6 aromatic rings. The summed E-state index contributed by atoms with van der Waals surface area (Å²) in [6, 6.07) is 6.45. The van der Waals surface area contributed by atoms with Crippen molar-refractivity contribution in [2.75, 3.05) is 0 Å². The summed E-state index contributed by atoms with van der Waals surface area (Å²) in [6.45, 7) is 0. The normalized spacial score (nSPS) is 12.2. The zero-order chi connectivity index (χ0) is 17.4. The lowest BCUT2D eigenvalue weighted by Gasteiger charge is -2.15. The van der Waals surface area contributed by atoms with Crippen LogP contribution in [0.2, 0.25) is 0 Å². The number of benzene rings is 4. The number of fused-ring (bicyclic) bond motifs is 6. The van der Waals surface area contributed by atoms with Gasteiger partial charge in [0.25, 0.3) is 0 Å². The van der Waals surface area contributed by atoms with Gasteiger partial charge in [0.05, 0.1) is 22.1 Å². The van der Waals surface area contributed by atoms with E-state index >= 15 is 0 Å². The van der Waals surface area contributed by atoms with Crippen LogP contribution >= 0.6 is 0 Å². The third kappa shape index (κ3) is 1.51. The van der Waals surface area contributed by atoms with Crippen LogP contribution in [0.4, 0.5) is 0 Å². The first-order chi connectivity index (χ1) is 12.7. The second kappa shape index (κ2) is 4.43. The van der Waals surface area contributed by atoms with Crippen LogP contribution in [-0.2, 0) is 0 Å². The minimum atomic E-state index is -0.0918. The fraction of sp³-hybridized carbons (Fsp3) is 0. The first-order valence-electron chi connectivity index (χ1n) is 8.18. The van der Waals surface area contributed by atoms with Gasteiger partial charge in [0.2, 0.25) is 0 Å². The van der Waals surface area contributed by atoms with Crippen LogP contribution in [0.3, 0.4) is 0 Å². The molecule has 0 aliphatic rings. The van der Waals surface area contributed by atoms with E-state index in [2.05, 4.69) is 19.9 Å². The molecule has 2 heterocycles. The SMILES string of the molecule is O=c1cc2c3nccnc3c3cc(=O)cc4c5[nH]cc[nH]c5c(c1)c2c34. The van der Waals surface area contributed by atoms with Gasteiger partial charge in [-0.15, -0.1) is 0 Å². The molecule has 0 saturated carbocycles. The Morgan fingerprint density at radius 1 is 0.615 bits per heavy atom. The molecule has 0 amide bonds. The lowest BCUT2D eigenvalue weighted by Crippen LogP contribution is -2.04. The predicted molar refractivity (Wildman–Crippen MR) is 102 cm³/mol. The molecule has 0 aliphatic heterocycles. The van der Waals surface area contributed by atoms with Gasteiger partial charge in [0.1, 0.15) is 0 Å². The molecule has 4 aromatic carbocycles. The van der Waals surface area contributed by atoms with Crippen LogP contribution in [-0.4, -0.2) is 19.9 Å². The van der Waals surface area contributed by atoms with E-state index in [4.69, 9.17) is 0 Å². The number of rotatable bonds is 0. The highest BCUT2D eigenvalue weighted by atomic mass is 16.1. The highest BCUT2D eigenvalue weighted by Gasteiger charge is 2.19. The third-order valence-corrected chi connectivity index (χ3v) is 5.01. The van der Waals surface area contributed by atoms with E-state index < -0.39 is 0 Å². The molecule has 6 heteroatoms. The number of aromatic nitrogens is 4. The molecule has 122 valence electrons. The van der Waals surface area contributed by atoms with Crippen molar-refractivity contribution in [3.05, 3.63) is 69.5 Å². The van der Waals surface area contributed by atoms with Crippen molar-refractivity contribution in [3.63, 3.8) is 0 Å². The number of aromatic amines is 2. The van der Waals surface area contributed by atoms with E-state index in [1.807, 2.05) is 0 Å². The lowest BCUT2D eigenvalue weighted by molar-refractivity contribution is 1.30. The molecule has 0 spiro atoms. The highest BCUT2D eigenvalue weighted by Crippen LogP contribution is 2.40. The molecule has 0 atom stereocenters. The highest BCUT2D eigenvalue weighted by molar-refractivity contribution is 6.37. The smallest absolute Gasteiger partial charge is 0.180 e. The molecule has 0 unspecified atom stereocenters. The molecule has 6 rings (SSSR count). The Morgan fingerprint density at radius 2 is 1.04 bits per heavy atom. The van der Waals surface area contributed by atoms with Crippen molar-refractivity contribution >= 4 is 54.4 Å². The molecule has 6 nitrogen and oxygen atoms in total. The number of hydrogen-bond donors (Lipinski definition) is 2. The van der Waals surface area contributed by atoms with Gasteiger partial charge in [0.15, 0.2) is 10.9 Å². The fourth-order valence-corrected chi connectivity index (χ4v) is 4.09. The molecule has 0 fully saturated rings. The van der Waals surface area contributed by atoms with E-state index in [0.717, 1.165) is 43.4 Å². The van der Waals surface area contributed by atoms with Crippen molar-refractivity contribution in [3.8, 4) is 0 Å². The van der Waals surface area contributed by atoms with Gasteiger partial charge >= 0.3 is 0 Å². The Balaban J connectivity index is 2.19. The van der Waals surface area contributed by atoms with E-state index in [9.17, 15) is 9.59 Å². The number of nitrogens with zero attached hydrogens (tertiary/aromatic N) is 2. The molecule has 0 saturated heterocycles. The van der Waals surface area contributed by atoms with Gasteiger partial charge < -0.3 is 9.97 Å². The van der Waals surface area contributed by atoms with Crippen molar-refractivity contribution in [1.29, 1.82) is 0 Å². The quantitative estimate of drug-likeness (QED) is 0.329. The molecule has 0 bridgehead atoms. The minimum absolute atomic E-state index is 0.0918. The van der Waals surface area contributed by atoms with Crippen LogP contribution in [0.15, 0.2) is 58.6 Å². The van der Waals surface area contributed by atoms with Crippen LogP contribution in [0, 0.1) is 0 Å². The van der Waals surface area contributed by atoms with E-state index in [0.29, 0.717) is 11.0 Å². The van der Waals surface area contributed by atoms with Gasteiger partial charge in [0, 0.05) is 57.1 Å². The number of H-pyrrole nitrogens is 2. The number of nitrogens with one attached hydrogen (secondary N) is 2. The number of hydrogen-bond acceptors (Lipinski definition) is 4. The second-order valence-electron chi connectivity index (χ2n) is 6.41. The second-order valence-corrected chi connectivity index (χ2v) is 6.41. The van der Waals surface area contributed by atoms with Gasteiger partial charge in [-0.05, 0) is 24.3 Å². The van der Waals surface area contributed by atoms with Crippen molar-refractivity contribution in [1.82, 2.24) is 19.9 Å². The Kier molecular flexibility index (Phi) is 2.30. The van der Waals surface area contributed by atoms with Gasteiger partial charge in [-0.1, -0.05) is 0 Å². The summed E-state index contributed by atoms with van der Waals surface area (Å²) in [5.41, 5.74) is 2.66. The summed E-state index contributed by atoms with van der Waals surface area (Å²) in [7, 11) is 0. The monoisotopic (exact) mass is 338 g/mol. The average molecular weight is 338 g/mol. The van der Waals surface area contributed by atoms with Crippen molar-refractivity contribution in [2.45, 2.75) is 0 Å². The van der Waals surface area contributed by atoms with Crippen molar-refractivity contribution in [2.24, 2.45) is 0 Å². The standard InChI is InChI=1S/C20H10N4O2/c25-9-5-11-15-13(7-9)19-20(24-4-3-23-19)14-8-10(26)6-12(16(14)15)18-17(11)21-1-2-22-18/h1-8,21-22H. The Morgan fingerprint density at radius 3 is 1.50 bits per heavy atom. The first kappa shape index (κ1) is 13.5. The topological polar surface area (TPSA) is 91.5 Å². The third-order valence-electron chi connectivity index (χ3n) is 5.01. The minimum Gasteiger partial charge on any atom is -0.358 e. The molecular weight excluding hydrogens is 328 g/mol. The van der Waals surface area contributed by atoms with Gasteiger partial charge in [-0.25, -0.2) is 0 Å². The maximum absolute atomic E-state index is 12.4. The van der Waals surface area contributed by atoms with Gasteiger partial charge in [-0.3, -0.25) is 19.6 Å². The molecule has 0 radical (unpaired) electrons. The maximum atomic E-state index is 12.4. The fourth-order valence-electron chi connectivity index (χ4n) is 4.09. The van der Waals surface area contributed by atoms with Crippen LogP contribution in [0.25, 0.3) is 54.4 Å². The zero-order valence-electron chi connectivity index (χ0n) is 13.3. The van der Waals surface area contributed by atoms with Crippen LogP contribution < -0.4 is 10.9 Å². The van der Waals surface area contributed by atoms with E-state index in [1.165, 1.54) is 0 Å². The Bertz CT molecular complexity index is 1390. The molecule has 2 aromatic heterocycles. The summed E-state index contributed by atoms with van der Waals surface area (Å²) >= 11 is 0. The van der Waals surface area contributed by atoms with E-state index in [-0.39, 0.29) is 10.9 Å². The van der Waals surface area contributed by atoms with Gasteiger partial charge in [-0.2, -0.15) is 0 Å². The summed E-state index contributed by atoms with van der Waals surface area (Å²) in [5, 5.41) is 4.97. The maximum Gasteiger partial charge on any atom is 0.180 e. The predicted octanol–water partition coefficient (Wildman–Crippen LogP) is 3.06. The molecule has 26 heavy (non-hydrogen) atoms. The Labute approximate surface area is 144 Å². The van der Waals surface area contributed by atoms with Crippen LogP contribution in [0.1, 0.15) is 0 Å². The summed E-state index contributed by atoms with van der Waals surface area (Å²) < 4.78 is 0. The zero-order valence-corrected chi connectivity index (χ0v) is 13.3. The largest absolute Gasteiger partial charge is 0.358 e. The summed E-state index contributed by atoms with van der Waals surface area (Å²) in [4.78, 5) is 40.2. The van der Waals surface area contributed by atoms with Crippen molar-refractivity contribution < 1.29 is 0 Å².